The largest absolute Gasteiger partial charge is 0.378 e. The lowest BCUT2D eigenvalue weighted by molar-refractivity contribution is 0.117. The van der Waals surface area contributed by atoms with E-state index < -0.39 is 5.54 Å². The van der Waals surface area contributed by atoms with Crippen LogP contribution in [0.5, 0.6) is 0 Å². The third kappa shape index (κ3) is 3.11. The first-order chi connectivity index (χ1) is 11.7. The zero-order valence-corrected chi connectivity index (χ0v) is 14.9. The molecule has 3 atom stereocenters. The number of allylic oxidation sites excluding steroid dienone is 1. The Hall–Kier alpha value is -1.71. The number of aromatic nitrogens is 1. The second-order valence-corrected chi connectivity index (χ2v) is 7.27. The molecule has 3 unspecified atom stereocenters. The topological polar surface area (TPSA) is 54.4 Å². The van der Waals surface area contributed by atoms with Gasteiger partial charge in [0.05, 0.1) is 17.9 Å². The van der Waals surface area contributed by atoms with Gasteiger partial charge in [-0.3, -0.25) is 4.98 Å². The zero-order valence-electron chi connectivity index (χ0n) is 14.9. The van der Waals surface area contributed by atoms with Crippen molar-refractivity contribution in [3.63, 3.8) is 0 Å². The normalized spacial score (nSPS) is 30.1. The number of fused-ring (bicyclic) bond motifs is 1. The summed E-state index contributed by atoms with van der Waals surface area (Å²) < 4.78 is 0. The molecule has 1 heterocycles. The van der Waals surface area contributed by atoms with Crippen molar-refractivity contribution in [1.82, 2.24) is 4.98 Å². The number of hydrogen-bond acceptors (Lipinski definition) is 4. The maximum atomic E-state index is 11.9. The monoisotopic (exact) mass is 327 g/mol. The van der Waals surface area contributed by atoms with Crippen molar-refractivity contribution in [2.75, 3.05) is 5.32 Å². The lowest BCUT2D eigenvalue weighted by atomic mass is 9.63. The van der Waals surface area contributed by atoms with Crippen molar-refractivity contribution in [3.05, 3.63) is 34.5 Å². The fourth-order valence-electron chi connectivity index (χ4n) is 4.71. The third-order valence-electron chi connectivity index (χ3n) is 5.93. The van der Waals surface area contributed by atoms with Gasteiger partial charge in [0.15, 0.2) is 0 Å². The zero-order chi connectivity index (χ0) is 17.0. The molecule has 0 bridgehead atoms. The molecule has 0 radical (unpaired) electrons. The summed E-state index contributed by atoms with van der Waals surface area (Å²) in [6, 6.07) is 2.30. The summed E-state index contributed by atoms with van der Waals surface area (Å²) in [6.07, 6.45) is 14.8. The molecule has 0 saturated heterocycles. The third-order valence-corrected chi connectivity index (χ3v) is 5.93. The first kappa shape index (κ1) is 17.1. The predicted octanol–water partition coefficient (Wildman–Crippen LogP) is 5.34. The number of nitroso groups, excluding NO2 is 1. The number of hydrogen-bond donors (Lipinski definition) is 1. The van der Waals surface area contributed by atoms with Crippen LogP contribution in [0.4, 0.5) is 5.69 Å². The van der Waals surface area contributed by atoms with Crippen LogP contribution in [-0.2, 0) is 6.42 Å². The van der Waals surface area contributed by atoms with E-state index in [0.717, 1.165) is 55.5 Å². The molecule has 0 amide bonds. The Morgan fingerprint density at radius 1 is 1.33 bits per heavy atom. The van der Waals surface area contributed by atoms with Gasteiger partial charge >= 0.3 is 0 Å². The van der Waals surface area contributed by atoms with Crippen molar-refractivity contribution in [2.45, 2.75) is 76.8 Å². The highest BCUT2D eigenvalue weighted by molar-refractivity contribution is 5.58. The Morgan fingerprint density at radius 3 is 2.92 bits per heavy atom. The van der Waals surface area contributed by atoms with Crippen molar-refractivity contribution < 1.29 is 0 Å². The maximum absolute atomic E-state index is 11.9. The van der Waals surface area contributed by atoms with Gasteiger partial charge in [-0.05, 0) is 56.6 Å². The van der Waals surface area contributed by atoms with E-state index in [1.807, 2.05) is 19.2 Å². The molecule has 2 aliphatic carbocycles. The predicted molar refractivity (Wildman–Crippen MR) is 100 cm³/mol. The molecule has 2 saturated carbocycles. The number of aryl methyl sites for hydroxylation is 1. The molecule has 4 nitrogen and oxygen atoms in total. The van der Waals surface area contributed by atoms with E-state index in [4.69, 9.17) is 0 Å². The van der Waals surface area contributed by atoms with Crippen LogP contribution in [0.15, 0.2) is 23.5 Å². The molecular weight excluding hydrogens is 298 g/mol. The quantitative estimate of drug-likeness (QED) is 0.743. The van der Waals surface area contributed by atoms with E-state index in [9.17, 15) is 4.91 Å². The summed E-state index contributed by atoms with van der Waals surface area (Å²) in [6.45, 7) is 4.15. The second-order valence-electron chi connectivity index (χ2n) is 7.27. The van der Waals surface area contributed by atoms with Gasteiger partial charge in [0.1, 0.15) is 5.54 Å². The van der Waals surface area contributed by atoms with Crippen LogP contribution in [0.2, 0.25) is 0 Å². The molecule has 1 N–H and O–H groups in total. The first-order valence-corrected chi connectivity index (χ1v) is 9.46. The highest BCUT2D eigenvalue weighted by Crippen LogP contribution is 2.47. The van der Waals surface area contributed by atoms with Gasteiger partial charge in [0.25, 0.3) is 0 Å². The van der Waals surface area contributed by atoms with Gasteiger partial charge < -0.3 is 5.32 Å². The molecule has 24 heavy (non-hydrogen) atoms. The Kier molecular flexibility index (Phi) is 5.32. The summed E-state index contributed by atoms with van der Waals surface area (Å²) in [5.41, 5.74) is 2.87. The summed E-state index contributed by atoms with van der Waals surface area (Å²) >= 11 is 0. The fraction of sp³-hybridized carbons (Fsp3) is 0.650. The molecule has 2 aliphatic rings. The van der Waals surface area contributed by atoms with Crippen LogP contribution >= 0.6 is 0 Å². The van der Waals surface area contributed by atoms with E-state index in [1.165, 1.54) is 12.8 Å². The molecule has 1 aromatic heterocycles. The fourth-order valence-corrected chi connectivity index (χ4v) is 4.71. The number of pyridine rings is 1. The SMILES string of the molecule is CC=Cc1cc(NC2CCCC3CCCCC32N=O)cnc1CC. The lowest BCUT2D eigenvalue weighted by Crippen LogP contribution is -2.54. The highest BCUT2D eigenvalue weighted by Gasteiger charge is 2.50. The standard InChI is InChI=1S/C20H29N3O/c1-3-8-15-13-17(14-21-18(15)4-2)22-19-11-7-10-16-9-5-6-12-20(16,19)23-24/h3,8,13-14,16,19,22H,4-7,9-12H2,1-2H3. The van der Waals surface area contributed by atoms with Gasteiger partial charge in [-0.15, -0.1) is 0 Å². The van der Waals surface area contributed by atoms with Crippen molar-refractivity contribution in [3.8, 4) is 0 Å². The average Bonchev–Trinajstić information content (AvgIpc) is 2.62. The van der Waals surface area contributed by atoms with Gasteiger partial charge in [-0.2, -0.15) is 4.91 Å². The number of nitrogens with zero attached hydrogens (tertiary/aromatic N) is 2. The molecule has 0 aliphatic heterocycles. The second kappa shape index (κ2) is 7.45. The molecule has 0 aromatic carbocycles. The summed E-state index contributed by atoms with van der Waals surface area (Å²) in [5, 5.41) is 7.36. The number of rotatable bonds is 5. The molecule has 1 aromatic rings. The first-order valence-electron chi connectivity index (χ1n) is 9.46. The Labute approximate surface area is 145 Å². The van der Waals surface area contributed by atoms with Crippen LogP contribution in [0.3, 0.4) is 0 Å². The van der Waals surface area contributed by atoms with Gasteiger partial charge in [-0.1, -0.05) is 43.5 Å². The summed E-state index contributed by atoms with van der Waals surface area (Å²) in [7, 11) is 0. The molecule has 0 spiro atoms. The van der Waals surface area contributed by atoms with Crippen LogP contribution in [0, 0.1) is 10.8 Å². The van der Waals surface area contributed by atoms with E-state index in [1.54, 1.807) is 0 Å². The van der Waals surface area contributed by atoms with Crippen LogP contribution in [0.25, 0.3) is 6.08 Å². The van der Waals surface area contributed by atoms with Gasteiger partial charge in [-0.25, -0.2) is 0 Å². The Bertz CT molecular complexity index is 611. The van der Waals surface area contributed by atoms with Crippen LogP contribution < -0.4 is 5.32 Å². The number of anilines is 1. The summed E-state index contributed by atoms with van der Waals surface area (Å²) in [5.74, 6) is 0.452. The van der Waals surface area contributed by atoms with E-state index in [0.29, 0.717) is 5.92 Å². The number of nitrogens with one attached hydrogen (secondary N) is 1. The molecule has 4 heteroatoms. The minimum atomic E-state index is -0.416. The molecule has 2 fully saturated rings. The highest BCUT2D eigenvalue weighted by atomic mass is 16.3. The minimum Gasteiger partial charge on any atom is -0.378 e. The minimum absolute atomic E-state index is 0.141. The van der Waals surface area contributed by atoms with E-state index in [2.05, 4.69) is 34.5 Å². The lowest BCUT2D eigenvalue weighted by Gasteiger charge is -2.47. The van der Waals surface area contributed by atoms with E-state index in [-0.39, 0.29) is 6.04 Å². The Morgan fingerprint density at radius 2 is 2.17 bits per heavy atom. The maximum Gasteiger partial charge on any atom is 0.125 e. The van der Waals surface area contributed by atoms with Crippen molar-refractivity contribution in [2.24, 2.45) is 11.1 Å². The van der Waals surface area contributed by atoms with Crippen LogP contribution in [-0.4, -0.2) is 16.6 Å². The summed E-state index contributed by atoms with van der Waals surface area (Å²) in [4.78, 5) is 16.5. The average molecular weight is 327 g/mol. The molecular formula is C20H29N3O. The van der Waals surface area contributed by atoms with Crippen molar-refractivity contribution in [1.29, 1.82) is 0 Å². The smallest absolute Gasteiger partial charge is 0.125 e. The van der Waals surface area contributed by atoms with Crippen molar-refractivity contribution >= 4 is 11.8 Å². The Balaban J connectivity index is 1.86. The van der Waals surface area contributed by atoms with Gasteiger partial charge in [0, 0.05) is 5.69 Å². The molecule has 3 rings (SSSR count). The van der Waals surface area contributed by atoms with Gasteiger partial charge in [0.2, 0.25) is 0 Å². The van der Waals surface area contributed by atoms with Crippen LogP contribution in [0.1, 0.15) is 70.1 Å². The van der Waals surface area contributed by atoms with E-state index >= 15 is 0 Å². The molecule has 130 valence electrons.